The average Bonchev–Trinajstić information content (AvgIpc) is 2.76. The molecule has 2 heterocycles. The third kappa shape index (κ3) is 2.77. The SMILES string of the molecule is CCOC1CC(CCNc2nccn3nc(C)cc23)C1. The molecule has 0 amide bonds. The molecule has 1 fully saturated rings. The fourth-order valence-electron chi connectivity index (χ4n) is 2.86. The summed E-state index contributed by atoms with van der Waals surface area (Å²) in [5, 5.41) is 7.83. The predicted octanol–water partition coefficient (Wildman–Crippen LogP) is 2.65. The van der Waals surface area contributed by atoms with Gasteiger partial charge in [0.2, 0.25) is 0 Å². The Morgan fingerprint density at radius 3 is 3.10 bits per heavy atom. The third-order valence-electron chi connectivity index (χ3n) is 3.95. The maximum Gasteiger partial charge on any atom is 0.152 e. The molecule has 108 valence electrons. The summed E-state index contributed by atoms with van der Waals surface area (Å²) in [6.07, 6.45) is 7.77. The Bertz CT molecular complexity index is 574. The molecule has 1 N–H and O–H groups in total. The van der Waals surface area contributed by atoms with Gasteiger partial charge in [0.05, 0.1) is 11.8 Å². The molecule has 0 saturated heterocycles. The molecule has 0 unspecified atom stereocenters. The molecule has 0 bridgehead atoms. The van der Waals surface area contributed by atoms with Crippen LogP contribution in [0.5, 0.6) is 0 Å². The first-order valence-electron chi connectivity index (χ1n) is 7.42. The molecule has 5 nitrogen and oxygen atoms in total. The van der Waals surface area contributed by atoms with E-state index >= 15 is 0 Å². The highest BCUT2D eigenvalue weighted by molar-refractivity contribution is 5.67. The number of rotatable bonds is 6. The van der Waals surface area contributed by atoms with Gasteiger partial charge in [-0.2, -0.15) is 5.10 Å². The lowest BCUT2D eigenvalue weighted by Gasteiger charge is -2.35. The summed E-state index contributed by atoms with van der Waals surface area (Å²) < 4.78 is 7.46. The van der Waals surface area contributed by atoms with Gasteiger partial charge in [0.25, 0.3) is 0 Å². The summed E-state index contributed by atoms with van der Waals surface area (Å²) in [6.45, 7) is 5.86. The topological polar surface area (TPSA) is 51.5 Å². The van der Waals surface area contributed by atoms with Gasteiger partial charge in [-0.1, -0.05) is 0 Å². The molecule has 2 aromatic heterocycles. The molecule has 1 saturated carbocycles. The quantitative estimate of drug-likeness (QED) is 0.880. The summed E-state index contributed by atoms with van der Waals surface area (Å²) in [7, 11) is 0. The van der Waals surface area contributed by atoms with Gasteiger partial charge >= 0.3 is 0 Å². The van der Waals surface area contributed by atoms with Crippen LogP contribution in [0, 0.1) is 12.8 Å². The molecule has 2 aromatic rings. The van der Waals surface area contributed by atoms with Crippen LogP contribution in [0.2, 0.25) is 0 Å². The predicted molar refractivity (Wildman–Crippen MR) is 79.0 cm³/mol. The van der Waals surface area contributed by atoms with E-state index in [1.54, 1.807) is 6.20 Å². The number of nitrogens with one attached hydrogen (secondary N) is 1. The van der Waals surface area contributed by atoms with Crippen molar-refractivity contribution in [3.8, 4) is 0 Å². The first-order chi connectivity index (χ1) is 9.76. The van der Waals surface area contributed by atoms with Gasteiger partial charge in [0.15, 0.2) is 5.82 Å². The van der Waals surface area contributed by atoms with E-state index < -0.39 is 0 Å². The molecular formula is C15H22N4O. The monoisotopic (exact) mass is 274 g/mol. The van der Waals surface area contributed by atoms with Crippen molar-refractivity contribution in [2.24, 2.45) is 5.92 Å². The van der Waals surface area contributed by atoms with Crippen LogP contribution in [-0.4, -0.2) is 33.9 Å². The van der Waals surface area contributed by atoms with Crippen molar-refractivity contribution in [1.82, 2.24) is 14.6 Å². The van der Waals surface area contributed by atoms with Gasteiger partial charge < -0.3 is 10.1 Å². The van der Waals surface area contributed by atoms with E-state index in [0.29, 0.717) is 6.10 Å². The maximum absolute atomic E-state index is 5.59. The number of ether oxygens (including phenoxy) is 1. The lowest BCUT2D eigenvalue weighted by atomic mass is 9.80. The Hall–Kier alpha value is -1.62. The summed E-state index contributed by atoms with van der Waals surface area (Å²) >= 11 is 0. The highest BCUT2D eigenvalue weighted by Gasteiger charge is 2.28. The van der Waals surface area contributed by atoms with Crippen LogP contribution < -0.4 is 5.32 Å². The Kier molecular flexibility index (Phi) is 3.87. The first kappa shape index (κ1) is 13.4. The fourth-order valence-corrected chi connectivity index (χ4v) is 2.86. The number of hydrogen-bond acceptors (Lipinski definition) is 4. The van der Waals surface area contributed by atoms with Gasteiger partial charge in [-0.3, -0.25) is 0 Å². The van der Waals surface area contributed by atoms with Crippen LogP contribution in [0.1, 0.15) is 31.9 Å². The molecule has 5 heteroatoms. The summed E-state index contributed by atoms with van der Waals surface area (Å²) in [6, 6.07) is 2.06. The smallest absolute Gasteiger partial charge is 0.152 e. The van der Waals surface area contributed by atoms with Gasteiger partial charge in [-0.25, -0.2) is 9.50 Å². The van der Waals surface area contributed by atoms with Crippen molar-refractivity contribution < 1.29 is 4.74 Å². The van der Waals surface area contributed by atoms with E-state index in [2.05, 4.69) is 28.4 Å². The third-order valence-corrected chi connectivity index (χ3v) is 3.95. The number of hydrogen-bond donors (Lipinski definition) is 1. The van der Waals surface area contributed by atoms with E-state index in [9.17, 15) is 0 Å². The molecule has 0 atom stereocenters. The number of aromatic nitrogens is 3. The zero-order valence-electron chi connectivity index (χ0n) is 12.2. The average molecular weight is 274 g/mol. The minimum Gasteiger partial charge on any atom is -0.378 e. The largest absolute Gasteiger partial charge is 0.378 e. The summed E-state index contributed by atoms with van der Waals surface area (Å²) in [5.41, 5.74) is 2.06. The Labute approximate surface area is 119 Å². The van der Waals surface area contributed by atoms with E-state index in [-0.39, 0.29) is 0 Å². The Balaban J connectivity index is 1.51. The summed E-state index contributed by atoms with van der Waals surface area (Å²) in [4.78, 5) is 4.41. The highest BCUT2D eigenvalue weighted by Crippen LogP contribution is 2.32. The minimum absolute atomic E-state index is 0.504. The van der Waals surface area contributed by atoms with Gasteiger partial charge in [0, 0.05) is 25.5 Å². The fraction of sp³-hybridized carbons (Fsp3) is 0.600. The van der Waals surface area contributed by atoms with Crippen molar-refractivity contribution in [2.45, 2.75) is 39.2 Å². The van der Waals surface area contributed by atoms with E-state index in [1.165, 1.54) is 19.3 Å². The number of fused-ring (bicyclic) bond motifs is 1. The molecule has 3 rings (SSSR count). The molecule has 1 aliphatic carbocycles. The van der Waals surface area contributed by atoms with E-state index in [0.717, 1.165) is 36.1 Å². The normalized spacial score (nSPS) is 21.9. The maximum atomic E-state index is 5.59. The second-order valence-corrected chi connectivity index (χ2v) is 5.52. The lowest BCUT2D eigenvalue weighted by Crippen LogP contribution is -2.32. The molecular weight excluding hydrogens is 252 g/mol. The van der Waals surface area contributed by atoms with E-state index in [1.807, 2.05) is 17.6 Å². The van der Waals surface area contributed by atoms with Gasteiger partial charge in [-0.15, -0.1) is 0 Å². The van der Waals surface area contributed by atoms with Crippen molar-refractivity contribution in [3.05, 3.63) is 24.2 Å². The second-order valence-electron chi connectivity index (χ2n) is 5.52. The molecule has 0 radical (unpaired) electrons. The Morgan fingerprint density at radius 1 is 1.45 bits per heavy atom. The van der Waals surface area contributed by atoms with Crippen molar-refractivity contribution in [3.63, 3.8) is 0 Å². The summed E-state index contributed by atoms with van der Waals surface area (Å²) in [5.74, 6) is 1.72. The molecule has 0 spiro atoms. The molecule has 0 aliphatic heterocycles. The van der Waals surface area contributed by atoms with Crippen molar-refractivity contribution in [1.29, 1.82) is 0 Å². The first-order valence-corrected chi connectivity index (χ1v) is 7.42. The second kappa shape index (κ2) is 5.79. The zero-order valence-corrected chi connectivity index (χ0v) is 12.2. The van der Waals surface area contributed by atoms with E-state index in [4.69, 9.17) is 4.74 Å². The highest BCUT2D eigenvalue weighted by atomic mass is 16.5. The van der Waals surface area contributed by atoms with Crippen molar-refractivity contribution in [2.75, 3.05) is 18.5 Å². The van der Waals surface area contributed by atoms with Crippen LogP contribution in [0.3, 0.4) is 0 Å². The Morgan fingerprint density at radius 2 is 2.30 bits per heavy atom. The number of aryl methyl sites for hydroxylation is 1. The van der Waals surface area contributed by atoms with Crippen LogP contribution in [0.4, 0.5) is 5.82 Å². The zero-order chi connectivity index (χ0) is 13.9. The van der Waals surface area contributed by atoms with Crippen LogP contribution in [0.15, 0.2) is 18.5 Å². The molecule has 20 heavy (non-hydrogen) atoms. The number of anilines is 1. The van der Waals surface area contributed by atoms with Crippen LogP contribution in [-0.2, 0) is 4.74 Å². The van der Waals surface area contributed by atoms with Gasteiger partial charge in [-0.05, 0) is 45.1 Å². The number of nitrogens with zero attached hydrogens (tertiary/aromatic N) is 3. The van der Waals surface area contributed by atoms with Crippen molar-refractivity contribution >= 4 is 11.3 Å². The lowest BCUT2D eigenvalue weighted by molar-refractivity contribution is -0.0255. The van der Waals surface area contributed by atoms with Crippen LogP contribution >= 0.6 is 0 Å². The molecule has 1 aliphatic rings. The molecule has 0 aromatic carbocycles. The minimum atomic E-state index is 0.504. The standard InChI is InChI=1S/C15H22N4O/c1-3-20-13-9-12(10-13)4-5-16-15-14-8-11(2)18-19(14)7-6-17-15/h6-8,12-13H,3-5,9-10H2,1-2H3,(H,16,17). The van der Waals surface area contributed by atoms with Crippen LogP contribution in [0.25, 0.3) is 5.52 Å². The van der Waals surface area contributed by atoms with Gasteiger partial charge in [0.1, 0.15) is 5.52 Å².